The van der Waals surface area contributed by atoms with Crippen molar-refractivity contribution in [2.75, 3.05) is 38.2 Å². The van der Waals surface area contributed by atoms with Crippen molar-refractivity contribution in [1.29, 1.82) is 0 Å². The van der Waals surface area contributed by atoms with Gasteiger partial charge >= 0.3 is 0 Å². The number of aryl methyl sites for hydroxylation is 2. The third-order valence-corrected chi connectivity index (χ3v) is 5.96. The number of hydrogen-bond donors (Lipinski definition) is 0. The number of rotatable bonds is 3. The number of nitrogens with zero attached hydrogens (tertiary/aromatic N) is 5. The first-order chi connectivity index (χ1) is 12.6. The molecule has 0 spiro atoms. The predicted molar refractivity (Wildman–Crippen MR) is 101 cm³/mol. The summed E-state index contributed by atoms with van der Waals surface area (Å²) in [6.45, 7) is 6.81. The highest BCUT2D eigenvalue weighted by Crippen LogP contribution is 2.29. The van der Waals surface area contributed by atoms with Crippen LogP contribution in [0.1, 0.15) is 21.2 Å². The summed E-state index contributed by atoms with van der Waals surface area (Å²) in [5, 5.41) is 8.21. The third kappa shape index (κ3) is 2.70. The Morgan fingerprint density at radius 1 is 1.12 bits per heavy atom. The molecule has 1 aliphatic rings. The van der Waals surface area contributed by atoms with Gasteiger partial charge in [0, 0.05) is 31.9 Å². The molecule has 1 aliphatic heterocycles. The smallest absolute Gasteiger partial charge is 0.265 e. The molecule has 0 atom stereocenters. The first kappa shape index (κ1) is 16.8. The van der Waals surface area contributed by atoms with Gasteiger partial charge < -0.3 is 14.5 Å². The summed E-state index contributed by atoms with van der Waals surface area (Å²) in [7, 11) is 1.69. The minimum atomic E-state index is 0.0806. The van der Waals surface area contributed by atoms with Crippen molar-refractivity contribution in [3.63, 3.8) is 0 Å². The summed E-state index contributed by atoms with van der Waals surface area (Å²) in [4.78, 5) is 18.7. The van der Waals surface area contributed by atoms with E-state index in [4.69, 9.17) is 4.74 Å². The second kappa shape index (κ2) is 6.60. The molecule has 8 heteroatoms. The lowest BCUT2D eigenvalue weighted by atomic mass is 10.2. The second-order valence-electron chi connectivity index (χ2n) is 6.33. The van der Waals surface area contributed by atoms with Gasteiger partial charge in [0.15, 0.2) is 0 Å². The molecule has 0 unspecified atom stereocenters. The molecule has 1 aromatic carbocycles. The Bertz CT molecular complexity index is 956. The van der Waals surface area contributed by atoms with Gasteiger partial charge in [-0.15, -0.1) is 10.2 Å². The van der Waals surface area contributed by atoms with E-state index in [0.29, 0.717) is 13.1 Å². The summed E-state index contributed by atoms with van der Waals surface area (Å²) >= 11 is 1.41. The van der Waals surface area contributed by atoms with E-state index in [0.717, 1.165) is 45.9 Å². The first-order valence-electron chi connectivity index (χ1n) is 8.58. The fourth-order valence-electron chi connectivity index (χ4n) is 3.45. The molecule has 0 aliphatic carbocycles. The molecular weight excluding hydrogens is 350 g/mol. The molecule has 26 heavy (non-hydrogen) atoms. The average Bonchev–Trinajstić information content (AvgIpc) is 3.21. The van der Waals surface area contributed by atoms with Crippen LogP contribution in [-0.2, 0) is 0 Å². The van der Waals surface area contributed by atoms with Crippen LogP contribution in [0.4, 0.5) is 5.69 Å². The number of benzene rings is 1. The highest BCUT2D eigenvalue weighted by molar-refractivity contribution is 7.19. The van der Waals surface area contributed by atoms with Crippen molar-refractivity contribution >= 4 is 27.9 Å². The maximum absolute atomic E-state index is 13.0. The standard InChI is InChI=1S/C18H21N5O2S/c1-12-16(26-18-20-19-13(2)23(12)18)17(24)22-10-8-21(9-11-22)14-6-4-5-7-15(14)25-3/h4-7H,8-11H2,1-3H3. The number of fused-ring (bicyclic) bond motifs is 1. The fourth-order valence-corrected chi connectivity index (χ4v) is 4.53. The lowest BCUT2D eigenvalue weighted by Gasteiger charge is -2.36. The SMILES string of the molecule is COc1ccccc1N1CCN(C(=O)c2sc3nnc(C)n3c2C)CC1. The summed E-state index contributed by atoms with van der Waals surface area (Å²) in [6.07, 6.45) is 0. The highest BCUT2D eigenvalue weighted by Gasteiger charge is 2.27. The van der Waals surface area contributed by atoms with Gasteiger partial charge in [-0.2, -0.15) is 0 Å². The van der Waals surface area contributed by atoms with E-state index < -0.39 is 0 Å². The molecule has 0 radical (unpaired) electrons. The average molecular weight is 371 g/mol. The number of methoxy groups -OCH3 is 1. The quantitative estimate of drug-likeness (QED) is 0.707. The van der Waals surface area contributed by atoms with Crippen LogP contribution in [-0.4, -0.2) is 58.7 Å². The van der Waals surface area contributed by atoms with Crippen LogP contribution in [0.3, 0.4) is 0 Å². The second-order valence-corrected chi connectivity index (χ2v) is 7.31. The van der Waals surface area contributed by atoms with Gasteiger partial charge in [0.1, 0.15) is 16.5 Å². The molecule has 0 bridgehead atoms. The van der Waals surface area contributed by atoms with Crippen molar-refractivity contribution < 1.29 is 9.53 Å². The van der Waals surface area contributed by atoms with Crippen LogP contribution in [0.15, 0.2) is 24.3 Å². The molecule has 0 saturated carbocycles. The molecule has 0 N–H and O–H groups in total. The van der Waals surface area contributed by atoms with Crippen LogP contribution in [0, 0.1) is 13.8 Å². The van der Waals surface area contributed by atoms with E-state index in [1.54, 1.807) is 7.11 Å². The van der Waals surface area contributed by atoms with Crippen LogP contribution < -0.4 is 9.64 Å². The zero-order valence-electron chi connectivity index (χ0n) is 15.1. The van der Waals surface area contributed by atoms with E-state index in [-0.39, 0.29) is 5.91 Å². The van der Waals surface area contributed by atoms with Crippen molar-refractivity contribution in [3.8, 4) is 5.75 Å². The highest BCUT2D eigenvalue weighted by atomic mass is 32.1. The molecule has 3 aromatic rings. The van der Waals surface area contributed by atoms with Gasteiger partial charge in [0.2, 0.25) is 4.96 Å². The zero-order chi connectivity index (χ0) is 18.3. The number of anilines is 1. The number of ether oxygens (including phenoxy) is 1. The molecule has 2 aromatic heterocycles. The van der Waals surface area contributed by atoms with Gasteiger partial charge in [-0.1, -0.05) is 23.5 Å². The number of hydrogen-bond acceptors (Lipinski definition) is 6. The number of amides is 1. The molecule has 1 fully saturated rings. The van der Waals surface area contributed by atoms with Crippen LogP contribution in [0.2, 0.25) is 0 Å². The molecular formula is C18H21N5O2S. The van der Waals surface area contributed by atoms with Gasteiger partial charge in [-0.3, -0.25) is 9.20 Å². The number of thiazole rings is 1. The van der Waals surface area contributed by atoms with Crippen molar-refractivity contribution in [3.05, 3.63) is 40.7 Å². The maximum atomic E-state index is 13.0. The molecule has 3 heterocycles. The monoisotopic (exact) mass is 371 g/mol. The molecule has 136 valence electrons. The normalized spacial score (nSPS) is 14.9. The van der Waals surface area contributed by atoms with Crippen molar-refractivity contribution in [2.24, 2.45) is 0 Å². The Hall–Kier alpha value is -2.61. The topological polar surface area (TPSA) is 63.0 Å². The number of aromatic nitrogens is 3. The third-order valence-electron chi connectivity index (χ3n) is 4.84. The molecule has 4 rings (SSSR count). The minimum absolute atomic E-state index is 0.0806. The van der Waals surface area contributed by atoms with Crippen LogP contribution in [0.5, 0.6) is 5.75 Å². The zero-order valence-corrected chi connectivity index (χ0v) is 15.9. The van der Waals surface area contributed by atoms with Crippen LogP contribution in [0.25, 0.3) is 4.96 Å². The lowest BCUT2D eigenvalue weighted by Crippen LogP contribution is -2.48. The van der Waals surface area contributed by atoms with E-state index in [1.165, 1.54) is 11.3 Å². The predicted octanol–water partition coefficient (Wildman–Crippen LogP) is 2.38. The van der Waals surface area contributed by atoms with E-state index in [1.807, 2.05) is 41.3 Å². The van der Waals surface area contributed by atoms with Gasteiger partial charge in [0.25, 0.3) is 5.91 Å². The maximum Gasteiger partial charge on any atom is 0.265 e. The molecule has 1 saturated heterocycles. The van der Waals surface area contributed by atoms with E-state index in [2.05, 4.69) is 21.2 Å². The van der Waals surface area contributed by atoms with Crippen LogP contribution >= 0.6 is 11.3 Å². The molecule has 1 amide bonds. The van der Waals surface area contributed by atoms with Crippen molar-refractivity contribution in [1.82, 2.24) is 19.5 Å². The Balaban J connectivity index is 1.50. The van der Waals surface area contributed by atoms with E-state index in [9.17, 15) is 4.79 Å². The Kier molecular flexibility index (Phi) is 4.28. The minimum Gasteiger partial charge on any atom is -0.495 e. The summed E-state index contributed by atoms with van der Waals surface area (Å²) in [5.74, 6) is 1.76. The van der Waals surface area contributed by atoms with E-state index >= 15 is 0 Å². The number of para-hydroxylation sites is 2. The Morgan fingerprint density at radius 2 is 1.85 bits per heavy atom. The van der Waals surface area contributed by atoms with Gasteiger partial charge in [0.05, 0.1) is 12.8 Å². The fraction of sp³-hybridized carbons (Fsp3) is 0.389. The van der Waals surface area contributed by atoms with Crippen molar-refractivity contribution in [2.45, 2.75) is 13.8 Å². The Morgan fingerprint density at radius 3 is 2.54 bits per heavy atom. The summed E-state index contributed by atoms with van der Waals surface area (Å²) in [5.41, 5.74) is 2.00. The summed E-state index contributed by atoms with van der Waals surface area (Å²) in [6, 6.07) is 8.00. The van der Waals surface area contributed by atoms with Gasteiger partial charge in [-0.05, 0) is 26.0 Å². The molecule has 7 nitrogen and oxygen atoms in total. The van der Waals surface area contributed by atoms with Gasteiger partial charge in [-0.25, -0.2) is 0 Å². The Labute approximate surface area is 155 Å². The largest absolute Gasteiger partial charge is 0.495 e. The number of carbonyl (C=O) groups excluding carboxylic acids is 1. The summed E-state index contributed by atoms with van der Waals surface area (Å²) < 4.78 is 7.41. The first-order valence-corrected chi connectivity index (χ1v) is 9.40. The lowest BCUT2D eigenvalue weighted by molar-refractivity contribution is 0.0750. The number of piperazine rings is 1. The number of carbonyl (C=O) groups is 1.